The lowest BCUT2D eigenvalue weighted by Gasteiger charge is -2.35. The van der Waals surface area contributed by atoms with Gasteiger partial charge in [0.05, 0.1) is 31.5 Å². The number of ether oxygens (including phenoxy) is 3. The smallest absolute Gasteiger partial charge is 0.194 e. The standard InChI is InChI=1S/C22H44N4O3.HI/c1-5-23-22(24-17-20(27-6-2)10-13-25(3)4)26-14-11-19(12-15-26)29-18-21-9-7-8-16-28-21;/h19-21H,5-18H2,1-4H3,(H,23,24);1H. The molecule has 2 atom stereocenters. The minimum Gasteiger partial charge on any atom is -0.377 e. The fourth-order valence-corrected chi connectivity index (χ4v) is 3.90. The van der Waals surface area contributed by atoms with Crippen LogP contribution >= 0.6 is 24.0 Å². The molecule has 2 aliphatic rings. The van der Waals surface area contributed by atoms with Gasteiger partial charge in [-0.1, -0.05) is 0 Å². The first-order chi connectivity index (χ1) is 14.1. The number of hydrogen-bond acceptors (Lipinski definition) is 5. The molecule has 0 spiro atoms. The number of guanidine groups is 1. The Bertz CT molecular complexity index is 454. The second kappa shape index (κ2) is 16.5. The van der Waals surface area contributed by atoms with E-state index in [-0.39, 0.29) is 30.1 Å². The maximum Gasteiger partial charge on any atom is 0.194 e. The van der Waals surface area contributed by atoms with Crippen LogP contribution < -0.4 is 5.32 Å². The topological polar surface area (TPSA) is 58.6 Å². The zero-order chi connectivity index (χ0) is 20.9. The monoisotopic (exact) mass is 540 g/mol. The van der Waals surface area contributed by atoms with E-state index in [0.717, 1.165) is 77.6 Å². The van der Waals surface area contributed by atoms with Crippen molar-refractivity contribution in [2.75, 3.05) is 66.6 Å². The minimum absolute atomic E-state index is 0. The number of nitrogens with zero attached hydrogens (tertiary/aromatic N) is 3. The molecule has 0 bridgehead atoms. The average Bonchev–Trinajstić information content (AvgIpc) is 2.74. The molecular formula is C22H45IN4O3. The van der Waals surface area contributed by atoms with E-state index in [1.54, 1.807) is 0 Å². The highest BCUT2D eigenvalue weighted by Gasteiger charge is 2.24. The van der Waals surface area contributed by atoms with Gasteiger partial charge in [0.25, 0.3) is 0 Å². The third-order valence-electron chi connectivity index (χ3n) is 5.61. The van der Waals surface area contributed by atoms with E-state index in [9.17, 15) is 0 Å². The first-order valence-electron chi connectivity index (χ1n) is 11.6. The summed E-state index contributed by atoms with van der Waals surface area (Å²) in [6.45, 7) is 11.1. The molecule has 2 fully saturated rings. The first kappa shape index (κ1) is 27.9. The van der Waals surface area contributed by atoms with Crippen molar-refractivity contribution in [1.82, 2.24) is 15.1 Å². The molecule has 0 radical (unpaired) electrons. The number of rotatable bonds is 11. The Kier molecular flexibility index (Phi) is 15.3. The molecule has 2 rings (SSSR count). The molecule has 0 amide bonds. The Hall–Kier alpha value is -0.160. The van der Waals surface area contributed by atoms with Crippen LogP contribution in [0.4, 0.5) is 0 Å². The molecule has 0 aromatic rings. The van der Waals surface area contributed by atoms with Gasteiger partial charge in [-0.3, -0.25) is 4.99 Å². The molecule has 30 heavy (non-hydrogen) atoms. The molecule has 7 nitrogen and oxygen atoms in total. The van der Waals surface area contributed by atoms with Crippen LogP contribution in [0.3, 0.4) is 0 Å². The van der Waals surface area contributed by atoms with E-state index < -0.39 is 0 Å². The molecule has 8 heteroatoms. The predicted octanol–water partition coefficient (Wildman–Crippen LogP) is 2.98. The number of aliphatic imine (C=N–C) groups is 1. The molecule has 2 unspecified atom stereocenters. The zero-order valence-corrected chi connectivity index (χ0v) is 21.9. The second-order valence-electron chi connectivity index (χ2n) is 8.37. The molecule has 2 heterocycles. The molecular weight excluding hydrogens is 495 g/mol. The van der Waals surface area contributed by atoms with Gasteiger partial charge in [-0.2, -0.15) is 0 Å². The lowest BCUT2D eigenvalue weighted by atomic mass is 10.1. The Morgan fingerprint density at radius 2 is 1.97 bits per heavy atom. The van der Waals surface area contributed by atoms with Gasteiger partial charge in [-0.05, 0) is 66.5 Å². The minimum atomic E-state index is 0. The fraction of sp³-hybridized carbons (Fsp3) is 0.955. The van der Waals surface area contributed by atoms with Crippen molar-refractivity contribution in [1.29, 1.82) is 0 Å². The fourth-order valence-electron chi connectivity index (χ4n) is 3.90. The van der Waals surface area contributed by atoms with Gasteiger partial charge < -0.3 is 29.3 Å². The van der Waals surface area contributed by atoms with E-state index in [2.05, 4.69) is 43.1 Å². The van der Waals surface area contributed by atoms with Gasteiger partial charge in [-0.15, -0.1) is 24.0 Å². The maximum absolute atomic E-state index is 6.16. The molecule has 0 aromatic heterocycles. The van der Waals surface area contributed by atoms with E-state index in [0.29, 0.717) is 18.8 Å². The molecule has 0 saturated carbocycles. The summed E-state index contributed by atoms with van der Waals surface area (Å²) < 4.78 is 17.9. The Labute approximate surface area is 201 Å². The third-order valence-corrected chi connectivity index (χ3v) is 5.61. The quantitative estimate of drug-likeness (QED) is 0.247. The van der Waals surface area contributed by atoms with Crippen LogP contribution in [0.2, 0.25) is 0 Å². The van der Waals surface area contributed by atoms with E-state index in [1.807, 2.05) is 0 Å². The van der Waals surface area contributed by atoms with Gasteiger partial charge in [0.2, 0.25) is 0 Å². The van der Waals surface area contributed by atoms with Crippen molar-refractivity contribution in [3.63, 3.8) is 0 Å². The summed E-state index contributed by atoms with van der Waals surface area (Å²) in [6.07, 6.45) is 7.53. The van der Waals surface area contributed by atoms with E-state index in [4.69, 9.17) is 19.2 Å². The predicted molar refractivity (Wildman–Crippen MR) is 134 cm³/mol. The molecule has 178 valence electrons. The van der Waals surface area contributed by atoms with E-state index >= 15 is 0 Å². The Balaban J connectivity index is 0.00000450. The van der Waals surface area contributed by atoms with Crippen molar-refractivity contribution in [2.24, 2.45) is 4.99 Å². The number of likely N-dealkylation sites (tertiary alicyclic amines) is 1. The van der Waals surface area contributed by atoms with Gasteiger partial charge in [0.15, 0.2) is 5.96 Å². The summed E-state index contributed by atoms with van der Waals surface area (Å²) in [4.78, 5) is 9.47. The van der Waals surface area contributed by atoms with Gasteiger partial charge >= 0.3 is 0 Å². The third kappa shape index (κ3) is 10.9. The molecule has 2 saturated heterocycles. The lowest BCUT2D eigenvalue weighted by Crippen LogP contribution is -2.47. The highest BCUT2D eigenvalue weighted by Crippen LogP contribution is 2.18. The molecule has 0 aliphatic carbocycles. The second-order valence-corrected chi connectivity index (χ2v) is 8.37. The van der Waals surface area contributed by atoms with Crippen molar-refractivity contribution in [3.8, 4) is 0 Å². The van der Waals surface area contributed by atoms with Gasteiger partial charge in [-0.25, -0.2) is 0 Å². The Morgan fingerprint density at radius 3 is 2.57 bits per heavy atom. The number of halogens is 1. The van der Waals surface area contributed by atoms with Crippen LogP contribution in [0.25, 0.3) is 0 Å². The summed E-state index contributed by atoms with van der Waals surface area (Å²) in [5.74, 6) is 1.01. The molecule has 2 aliphatic heterocycles. The SMILES string of the molecule is CCNC(=NCC(CCN(C)C)OCC)N1CCC(OCC2CCCCO2)CC1.I. The van der Waals surface area contributed by atoms with Crippen molar-refractivity contribution in [2.45, 2.75) is 70.7 Å². The number of nitrogens with one attached hydrogen (secondary N) is 1. The van der Waals surface area contributed by atoms with Crippen LogP contribution in [-0.4, -0.2) is 101 Å². The summed E-state index contributed by atoms with van der Waals surface area (Å²) in [5.41, 5.74) is 0. The van der Waals surface area contributed by atoms with E-state index in [1.165, 1.54) is 12.8 Å². The summed E-state index contributed by atoms with van der Waals surface area (Å²) >= 11 is 0. The zero-order valence-electron chi connectivity index (χ0n) is 19.6. The van der Waals surface area contributed by atoms with Crippen LogP contribution in [0.5, 0.6) is 0 Å². The summed E-state index contributed by atoms with van der Waals surface area (Å²) in [5, 5.41) is 3.46. The maximum atomic E-state index is 6.16. The number of piperidine rings is 1. The number of hydrogen-bond donors (Lipinski definition) is 1. The van der Waals surface area contributed by atoms with Crippen molar-refractivity contribution >= 4 is 29.9 Å². The summed E-state index contributed by atoms with van der Waals surface area (Å²) in [6, 6.07) is 0. The summed E-state index contributed by atoms with van der Waals surface area (Å²) in [7, 11) is 4.20. The van der Waals surface area contributed by atoms with Crippen LogP contribution in [-0.2, 0) is 14.2 Å². The van der Waals surface area contributed by atoms with Gasteiger partial charge in [0.1, 0.15) is 0 Å². The largest absolute Gasteiger partial charge is 0.377 e. The van der Waals surface area contributed by atoms with Crippen LogP contribution in [0, 0.1) is 0 Å². The Morgan fingerprint density at radius 1 is 1.20 bits per heavy atom. The highest BCUT2D eigenvalue weighted by atomic mass is 127. The molecule has 0 aromatic carbocycles. The van der Waals surface area contributed by atoms with Crippen LogP contribution in [0.15, 0.2) is 4.99 Å². The highest BCUT2D eigenvalue weighted by molar-refractivity contribution is 14.0. The van der Waals surface area contributed by atoms with Crippen molar-refractivity contribution < 1.29 is 14.2 Å². The first-order valence-corrected chi connectivity index (χ1v) is 11.6. The molecule has 1 N–H and O–H groups in total. The average molecular weight is 541 g/mol. The lowest BCUT2D eigenvalue weighted by molar-refractivity contribution is -0.0721. The van der Waals surface area contributed by atoms with Crippen LogP contribution in [0.1, 0.15) is 52.4 Å². The van der Waals surface area contributed by atoms with Crippen molar-refractivity contribution in [3.05, 3.63) is 0 Å². The van der Waals surface area contributed by atoms with Gasteiger partial charge in [0, 0.05) is 39.4 Å². The normalized spacial score (nSPS) is 22.1.